The van der Waals surface area contributed by atoms with Crippen molar-refractivity contribution < 1.29 is 23.4 Å². The first kappa shape index (κ1) is 14.7. The molecule has 4 nitrogen and oxygen atoms in total. The number of carboxylic acids is 1. The van der Waals surface area contributed by atoms with E-state index in [4.69, 9.17) is 5.11 Å². The predicted octanol–water partition coefficient (Wildman–Crippen LogP) is 2.44. The van der Waals surface area contributed by atoms with Gasteiger partial charge in [-0.2, -0.15) is 8.78 Å². The van der Waals surface area contributed by atoms with E-state index in [0.717, 1.165) is 0 Å². The molecule has 2 rings (SSSR count). The quantitative estimate of drug-likeness (QED) is 0.902. The lowest BCUT2D eigenvalue weighted by molar-refractivity contribution is -0.142. The third-order valence-electron chi connectivity index (χ3n) is 3.59. The van der Waals surface area contributed by atoms with E-state index in [1.165, 1.54) is 6.07 Å². The molecule has 20 heavy (non-hydrogen) atoms. The number of nitrogens with zero attached hydrogens (tertiary/aromatic N) is 1. The van der Waals surface area contributed by atoms with Gasteiger partial charge in [0.2, 0.25) is 0 Å². The molecule has 1 aliphatic heterocycles. The molecule has 0 saturated carbocycles. The molecule has 0 amide bonds. The van der Waals surface area contributed by atoms with Crippen molar-refractivity contribution in [2.24, 2.45) is 11.8 Å². The number of ether oxygens (including phenoxy) is 1. The van der Waals surface area contributed by atoms with Gasteiger partial charge < -0.3 is 9.84 Å². The molecule has 1 aromatic rings. The van der Waals surface area contributed by atoms with Crippen LogP contribution in [0.4, 0.5) is 8.78 Å². The SMILES string of the molecule is CC1CN(Cc2ccccc2OC(F)F)CC1C(=O)O. The van der Waals surface area contributed by atoms with Crippen molar-refractivity contribution in [2.75, 3.05) is 13.1 Å². The van der Waals surface area contributed by atoms with Gasteiger partial charge in [0.15, 0.2) is 0 Å². The molecule has 0 bridgehead atoms. The lowest BCUT2D eigenvalue weighted by atomic mass is 9.99. The summed E-state index contributed by atoms with van der Waals surface area (Å²) in [6.07, 6.45) is 0. The van der Waals surface area contributed by atoms with Crippen LogP contribution in [0.5, 0.6) is 5.75 Å². The summed E-state index contributed by atoms with van der Waals surface area (Å²) in [5.41, 5.74) is 0.644. The van der Waals surface area contributed by atoms with Gasteiger partial charge in [0.05, 0.1) is 5.92 Å². The van der Waals surface area contributed by atoms with E-state index in [1.54, 1.807) is 18.2 Å². The molecule has 1 aliphatic rings. The average Bonchev–Trinajstić information content (AvgIpc) is 2.72. The van der Waals surface area contributed by atoms with Crippen LogP contribution < -0.4 is 4.74 Å². The number of alkyl halides is 2. The van der Waals surface area contributed by atoms with Crippen LogP contribution >= 0.6 is 0 Å². The van der Waals surface area contributed by atoms with Crippen molar-refractivity contribution in [3.05, 3.63) is 29.8 Å². The van der Waals surface area contributed by atoms with Crippen LogP contribution in [-0.4, -0.2) is 35.7 Å². The number of halogens is 2. The molecule has 0 radical (unpaired) electrons. The minimum atomic E-state index is -2.86. The van der Waals surface area contributed by atoms with Gasteiger partial charge in [-0.25, -0.2) is 0 Å². The highest BCUT2D eigenvalue weighted by atomic mass is 19.3. The predicted molar refractivity (Wildman–Crippen MR) is 68.6 cm³/mol. The molecular weight excluding hydrogens is 268 g/mol. The highest BCUT2D eigenvalue weighted by Crippen LogP contribution is 2.28. The minimum Gasteiger partial charge on any atom is -0.481 e. The normalized spacial score (nSPS) is 23.2. The molecule has 6 heteroatoms. The number of aliphatic carboxylic acids is 1. The zero-order valence-electron chi connectivity index (χ0n) is 11.1. The van der Waals surface area contributed by atoms with Crippen LogP contribution in [-0.2, 0) is 11.3 Å². The summed E-state index contributed by atoms with van der Waals surface area (Å²) in [6.45, 7) is 0.511. The molecule has 110 valence electrons. The number of hydrogen-bond donors (Lipinski definition) is 1. The summed E-state index contributed by atoms with van der Waals surface area (Å²) in [4.78, 5) is 13.0. The summed E-state index contributed by atoms with van der Waals surface area (Å²) in [6, 6.07) is 6.60. The van der Waals surface area contributed by atoms with Crippen LogP contribution in [0.3, 0.4) is 0 Å². The Hall–Kier alpha value is -1.69. The number of carboxylic acid groups (broad SMARTS) is 1. The van der Waals surface area contributed by atoms with Gasteiger partial charge in [-0.3, -0.25) is 9.69 Å². The van der Waals surface area contributed by atoms with Gasteiger partial charge in [-0.05, 0) is 12.0 Å². The Morgan fingerprint density at radius 1 is 1.45 bits per heavy atom. The Morgan fingerprint density at radius 3 is 2.75 bits per heavy atom. The summed E-state index contributed by atoms with van der Waals surface area (Å²) in [5.74, 6) is -1.01. The monoisotopic (exact) mass is 285 g/mol. The summed E-state index contributed by atoms with van der Waals surface area (Å²) in [5, 5.41) is 9.09. The van der Waals surface area contributed by atoms with Gasteiger partial charge in [0.25, 0.3) is 0 Å². The highest BCUT2D eigenvalue weighted by Gasteiger charge is 2.34. The first-order valence-electron chi connectivity index (χ1n) is 6.45. The van der Waals surface area contributed by atoms with E-state index in [-0.39, 0.29) is 11.7 Å². The topological polar surface area (TPSA) is 49.8 Å². The molecule has 1 saturated heterocycles. The van der Waals surface area contributed by atoms with Crippen molar-refractivity contribution in [2.45, 2.75) is 20.1 Å². The van der Waals surface area contributed by atoms with E-state index >= 15 is 0 Å². The van der Waals surface area contributed by atoms with E-state index in [0.29, 0.717) is 25.2 Å². The van der Waals surface area contributed by atoms with Gasteiger partial charge in [-0.1, -0.05) is 25.1 Å². The van der Waals surface area contributed by atoms with Crippen LogP contribution in [0.2, 0.25) is 0 Å². The Labute approximate surface area is 116 Å². The first-order valence-corrected chi connectivity index (χ1v) is 6.45. The van der Waals surface area contributed by atoms with Crippen LogP contribution in [0.25, 0.3) is 0 Å². The fraction of sp³-hybridized carbons (Fsp3) is 0.500. The van der Waals surface area contributed by atoms with Crippen molar-refractivity contribution in [3.63, 3.8) is 0 Å². The van der Waals surface area contributed by atoms with Crippen molar-refractivity contribution in [1.82, 2.24) is 4.90 Å². The summed E-state index contributed by atoms with van der Waals surface area (Å²) >= 11 is 0. The van der Waals surface area contributed by atoms with Crippen LogP contribution in [0.1, 0.15) is 12.5 Å². The Bertz CT molecular complexity index is 481. The third-order valence-corrected chi connectivity index (χ3v) is 3.59. The number of hydrogen-bond acceptors (Lipinski definition) is 3. The van der Waals surface area contributed by atoms with Gasteiger partial charge in [0.1, 0.15) is 5.75 Å². The first-order chi connectivity index (χ1) is 9.47. The summed E-state index contributed by atoms with van der Waals surface area (Å²) < 4.78 is 29.1. The fourth-order valence-electron chi connectivity index (χ4n) is 2.60. The molecule has 0 spiro atoms. The number of benzene rings is 1. The van der Waals surface area contributed by atoms with Crippen molar-refractivity contribution >= 4 is 5.97 Å². The molecule has 0 aromatic heterocycles. The standard InChI is InChI=1S/C14H17F2NO3/c1-9-6-17(8-11(9)13(18)19)7-10-4-2-3-5-12(10)20-14(15)16/h2-5,9,11,14H,6-8H2,1H3,(H,18,19). The maximum absolute atomic E-state index is 12.3. The second-order valence-corrected chi connectivity index (χ2v) is 5.10. The zero-order valence-corrected chi connectivity index (χ0v) is 11.1. The number of likely N-dealkylation sites (tertiary alicyclic amines) is 1. The number of para-hydroxylation sites is 1. The Balaban J connectivity index is 2.06. The van der Waals surface area contributed by atoms with Gasteiger partial charge in [-0.15, -0.1) is 0 Å². The molecule has 1 aromatic carbocycles. The Kier molecular flexibility index (Phi) is 4.54. The maximum atomic E-state index is 12.3. The van der Waals surface area contributed by atoms with Gasteiger partial charge in [0, 0.05) is 25.2 Å². The molecule has 2 unspecified atom stereocenters. The van der Waals surface area contributed by atoms with Gasteiger partial charge >= 0.3 is 12.6 Å². The van der Waals surface area contributed by atoms with Crippen molar-refractivity contribution in [1.29, 1.82) is 0 Å². The van der Waals surface area contributed by atoms with E-state index in [9.17, 15) is 13.6 Å². The molecule has 1 heterocycles. The lowest BCUT2D eigenvalue weighted by Crippen LogP contribution is -2.23. The van der Waals surface area contributed by atoms with E-state index < -0.39 is 18.5 Å². The number of carbonyl (C=O) groups is 1. The molecular formula is C14H17F2NO3. The second-order valence-electron chi connectivity index (χ2n) is 5.10. The average molecular weight is 285 g/mol. The van der Waals surface area contributed by atoms with E-state index in [2.05, 4.69) is 4.74 Å². The largest absolute Gasteiger partial charge is 0.481 e. The highest BCUT2D eigenvalue weighted by molar-refractivity contribution is 5.71. The zero-order chi connectivity index (χ0) is 14.7. The second kappa shape index (κ2) is 6.17. The molecule has 0 aliphatic carbocycles. The third kappa shape index (κ3) is 3.45. The molecule has 1 fully saturated rings. The Morgan fingerprint density at radius 2 is 2.15 bits per heavy atom. The van der Waals surface area contributed by atoms with Crippen LogP contribution in [0, 0.1) is 11.8 Å². The fourth-order valence-corrected chi connectivity index (χ4v) is 2.60. The summed E-state index contributed by atoms with van der Waals surface area (Å²) in [7, 11) is 0. The van der Waals surface area contributed by atoms with Crippen molar-refractivity contribution in [3.8, 4) is 5.75 Å². The molecule has 2 atom stereocenters. The molecule has 1 N–H and O–H groups in total. The van der Waals surface area contributed by atoms with Crippen LogP contribution in [0.15, 0.2) is 24.3 Å². The number of rotatable bonds is 5. The van der Waals surface area contributed by atoms with E-state index in [1.807, 2.05) is 11.8 Å². The minimum absolute atomic E-state index is 0.0516. The maximum Gasteiger partial charge on any atom is 0.387 e. The lowest BCUT2D eigenvalue weighted by Gasteiger charge is -2.18. The smallest absolute Gasteiger partial charge is 0.387 e.